The number of rotatable bonds is 12. The lowest BCUT2D eigenvalue weighted by molar-refractivity contribution is -0.129. The van der Waals surface area contributed by atoms with Gasteiger partial charge in [0, 0.05) is 25.1 Å². The minimum Gasteiger partial charge on any atom is -0.326 e. The highest BCUT2D eigenvalue weighted by Gasteiger charge is 2.06. The number of carbonyl (C=O) groups is 2. The zero-order valence-corrected chi connectivity index (χ0v) is 15.1. The number of carbonyl (C=O) groups excluding carboxylic acids is 2. The Labute approximate surface area is 150 Å². The van der Waals surface area contributed by atoms with E-state index < -0.39 is 0 Å². The summed E-state index contributed by atoms with van der Waals surface area (Å²) in [5.41, 5.74) is 10.6. The summed E-state index contributed by atoms with van der Waals surface area (Å²) in [5, 5.41) is 11.3. The summed E-state index contributed by atoms with van der Waals surface area (Å²) in [6.45, 7) is 2.67. The number of amides is 2. The molecule has 6 nitrogen and oxygen atoms in total. The van der Waals surface area contributed by atoms with Crippen LogP contribution < -0.4 is 16.5 Å². The molecular formula is C19H31N3O3. The van der Waals surface area contributed by atoms with Crippen LogP contribution in [0.3, 0.4) is 0 Å². The van der Waals surface area contributed by atoms with E-state index in [9.17, 15) is 9.59 Å². The molecular weight excluding hydrogens is 318 g/mol. The molecule has 0 aromatic heterocycles. The lowest BCUT2D eigenvalue weighted by Crippen LogP contribution is -2.17. The Hall–Kier alpha value is -1.92. The van der Waals surface area contributed by atoms with Crippen molar-refractivity contribution in [2.24, 2.45) is 5.73 Å². The molecule has 0 atom stereocenters. The zero-order chi connectivity index (χ0) is 18.5. The average Bonchev–Trinajstić information content (AvgIpc) is 2.62. The molecule has 0 fully saturated rings. The summed E-state index contributed by atoms with van der Waals surface area (Å²) >= 11 is 0. The first-order chi connectivity index (χ1) is 12.1. The Kier molecular flexibility index (Phi) is 10.5. The molecule has 0 heterocycles. The number of hydroxylamine groups is 1. The maximum atomic E-state index is 12.0. The number of aryl methyl sites for hydroxylation is 1. The molecule has 1 aromatic carbocycles. The lowest BCUT2D eigenvalue weighted by atomic mass is 10.0. The van der Waals surface area contributed by atoms with Crippen LogP contribution >= 0.6 is 0 Å². The minimum absolute atomic E-state index is 0.00930. The summed E-state index contributed by atoms with van der Waals surface area (Å²) < 4.78 is 0. The normalized spacial score (nSPS) is 10.5. The predicted molar refractivity (Wildman–Crippen MR) is 99.2 cm³/mol. The van der Waals surface area contributed by atoms with Crippen LogP contribution in [-0.4, -0.2) is 17.0 Å². The van der Waals surface area contributed by atoms with Gasteiger partial charge in [-0.25, -0.2) is 5.48 Å². The predicted octanol–water partition coefficient (Wildman–Crippen LogP) is 3.27. The van der Waals surface area contributed by atoms with E-state index in [1.54, 1.807) is 5.48 Å². The second kappa shape index (κ2) is 12.4. The van der Waals surface area contributed by atoms with Gasteiger partial charge in [-0.05, 0) is 48.9 Å². The standard InChI is InChI=1S/C19H31N3O3/c1-2-3-8-15-13-17(12-11-16(15)14-20)21-18(23)9-6-4-5-7-10-19(24)22-25/h11-13,25H,2-10,14,20H2,1H3,(H,21,23)(H,22,24). The Balaban J connectivity index is 2.35. The monoisotopic (exact) mass is 349 g/mol. The third-order valence-corrected chi connectivity index (χ3v) is 4.19. The summed E-state index contributed by atoms with van der Waals surface area (Å²) in [5.74, 6) is -0.354. The summed E-state index contributed by atoms with van der Waals surface area (Å²) in [6.07, 6.45) is 7.26. The number of anilines is 1. The number of benzene rings is 1. The first-order valence-electron chi connectivity index (χ1n) is 9.15. The molecule has 0 saturated heterocycles. The smallest absolute Gasteiger partial charge is 0.243 e. The molecule has 0 radical (unpaired) electrons. The van der Waals surface area contributed by atoms with Gasteiger partial charge in [-0.15, -0.1) is 0 Å². The largest absolute Gasteiger partial charge is 0.326 e. The molecule has 1 rings (SSSR count). The van der Waals surface area contributed by atoms with Gasteiger partial charge in [0.25, 0.3) is 0 Å². The molecule has 5 N–H and O–H groups in total. The highest BCUT2D eigenvalue weighted by molar-refractivity contribution is 5.90. The molecule has 0 spiro atoms. The van der Waals surface area contributed by atoms with Gasteiger partial charge in [0.05, 0.1) is 0 Å². The van der Waals surface area contributed by atoms with Crippen molar-refractivity contribution in [2.75, 3.05) is 5.32 Å². The Morgan fingerprint density at radius 3 is 2.28 bits per heavy atom. The second-order valence-corrected chi connectivity index (χ2v) is 6.29. The van der Waals surface area contributed by atoms with Crippen molar-refractivity contribution in [1.29, 1.82) is 0 Å². The fourth-order valence-electron chi connectivity index (χ4n) is 2.71. The molecule has 2 amide bonds. The highest BCUT2D eigenvalue weighted by Crippen LogP contribution is 2.18. The summed E-state index contributed by atoms with van der Waals surface area (Å²) in [7, 11) is 0. The SMILES string of the molecule is CCCCc1cc(NC(=O)CCCCCCC(=O)NO)ccc1CN. The van der Waals surface area contributed by atoms with E-state index in [0.29, 0.717) is 19.4 Å². The van der Waals surface area contributed by atoms with Gasteiger partial charge < -0.3 is 11.1 Å². The Morgan fingerprint density at radius 1 is 1.00 bits per heavy atom. The first-order valence-corrected chi connectivity index (χ1v) is 9.15. The number of hydrogen-bond donors (Lipinski definition) is 4. The van der Waals surface area contributed by atoms with Crippen molar-refractivity contribution in [1.82, 2.24) is 5.48 Å². The molecule has 6 heteroatoms. The van der Waals surface area contributed by atoms with Gasteiger partial charge in [0.1, 0.15) is 0 Å². The van der Waals surface area contributed by atoms with Crippen molar-refractivity contribution in [3.8, 4) is 0 Å². The van der Waals surface area contributed by atoms with E-state index in [2.05, 4.69) is 12.2 Å². The number of unbranched alkanes of at least 4 members (excludes halogenated alkanes) is 4. The topological polar surface area (TPSA) is 104 Å². The van der Waals surface area contributed by atoms with Crippen molar-refractivity contribution >= 4 is 17.5 Å². The molecule has 0 aliphatic heterocycles. The third-order valence-electron chi connectivity index (χ3n) is 4.19. The fourth-order valence-corrected chi connectivity index (χ4v) is 2.71. The lowest BCUT2D eigenvalue weighted by Gasteiger charge is -2.11. The van der Waals surface area contributed by atoms with Crippen LogP contribution in [0.4, 0.5) is 5.69 Å². The van der Waals surface area contributed by atoms with Crippen LogP contribution in [0.5, 0.6) is 0 Å². The Bertz CT molecular complexity index is 547. The van der Waals surface area contributed by atoms with E-state index in [1.165, 1.54) is 5.56 Å². The van der Waals surface area contributed by atoms with Crippen LogP contribution in [0.1, 0.15) is 69.4 Å². The maximum absolute atomic E-state index is 12.0. The summed E-state index contributed by atoms with van der Waals surface area (Å²) in [4.78, 5) is 22.9. The molecule has 0 aliphatic rings. The van der Waals surface area contributed by atoms with Gasteiger partial charge >= 0.3 is 0 Å². The van der Waals surface area contributed by atoms with Gasteiger partial charge in [0.15, 0.2) is 0 Å². The van der Waals surface area contributed by atoms with Gasteiger partial charge in [-0.2, -0.15) is 0 Å². The number of nitrogens with two attached hydrogens (primary N) is 1. The number of hydrogen-bond acceptors (Lipinski definition) is 4. The molecule has 1 aromatic rings. The van der Waals surface area contributed by atoms with Crippen LogP contribution in [0.25, 0.3) is 0 Å². The van der Waals surface area contributed by atoms with Gasteiger partial charge in [-0.3, -0.25) is 14.8 Å². The first kappa shape index (κ1) is 21.1. The van der Waals surface area contributed by atoms with E-state index in [4.69, 9.17) is 10.9 Å². The van der Waals surface area contributed by atoms with Crippen LogP contribution in [0, 0.1) is 0 Å². The number of nitrogens with one attached hydrogen (secondary N) is 2. The molecule has 0 saturated carbocycles. The van der Waals surface area contributed by atoms with Crippen LogP contribution in [0.2, 0.25) is 0 Å². The van der Waals surface area contributed by atoms with Gasteiger partial charge in [-0.1, -0.05) is 32.3 Å². The van der Waals surface area contributed by atoms with Crippen molar-refractivity contribution in [3.05, 3.63) is 29.3 Å². The maximum Gasteiger partial charge on any atom is 0.243 e. The van der Waals surface area contributed by atoms with Crippen molar-refractivity contribution in [3.63, 3.8) is 0 Å². The quantitative estimate of drug-likeness (QED) is 0.264. The van der Waals surface area contributed by atoms with E-state index in [1.807, 2.05) is 18.2 Å². The minimum atomic E-state index is -0.363. The molecule has 140 valence electrons. The highest BCUT2D eigenvalue weighted by atomic mass is 16.5. The van der Waals surface area contributed by atoms with Crippen molar-refractivity contribution in [2.45, 2.75) is 71.3 Å². The average molecular weight is 349 g/mol. The Morgan fingerprint density at radius 2 is 1.68 bits per heavy atom. The summed E-state index contributed by atoms with van der Waals surface area (Å²) in [6, 6.07) is 5.93. The molecule has 0 aliphatic carbocycles. The second-order valence-electron chi connectivity index (χ2n) is 6.29. The molecule has 25 heavy (non-hydrogen) atoms. The zero-order valence-electron chi connectivity index (χ0n) is 15.1. The van der Waals surface area contributed by atoms with E-state index >= 15 is 0 Å². The van der Waals surface area contributed by atoms with Crippen LogP contribution in [0.15, 0.2) is 18.2 Å². The van der Waals surface area contributed by atoms with E-state index in [-0.39, 0.29) is 11.8 Å². The third kappa shape index (κ3) is 8.65. The van der Waals surface area contributed by atoms with E-state index in [0.717, 1.165) is 56.2 Å². The fraction of sp³-hybridized carbons (Fsp3) is 0.579. The van der Waals surface area contributed by atoms with Crippen LogP contribution in [-0.2, 0) is 22.6 Å². The van der Waals surface area contributed by atoms with Gasteiger partial charge in [0.2, 0.25) is 11.8 Å². The molecule has 0 bridgehead atoms. The van der Waals surface area contributed by atoms with Crippen molar-refractivity contribution < 1.29 is 14.8 Å². The molecule has 0 unspecified atom stereocenters.